The zero-order valence-corrected chi connectivity index (χ0v) is 23.4. The van der Waals surface area contributed by atoms with Crippen molar-refractivity contribution in [3.63, 3.8) is 0 Å². The first-order valence-electron chi connectivity index (χ1n) is 12.2. The minimum atomic E-state index is -0.518. The van der Waals surface area contributed by atoms with Gasteiger partial charge in [-0.25, -0.2) is 4.39 Å². The second-order valence-corrected chi connectivity index (χ2v) is 10.4. The van der Waals surface area contributed by atoms with E-state index in [1.54, 1.807) is 18.1 Å². The third-order valence-corrected chi connectivity index (χ3v) is 7.01. The van der Waals surface area contributed by atoms with Crippen molar-refractivity contribution in [3.05, 3.63) is 135 Å². The fourth-order valence-corrected chi connectivity index (χ4v) is 4.76. The summed E-state index contributed by atoms with van der Waals surface area (Å²) in [5.41, 5.74) is 4.32. The van der Waals surface area contributed by atoms with E-state index in [2.05, 4.69) is 33.2 Å². The zero-order chi connectivity index (χ0) is 27.4. The van der Waals surface area contributed by atoms with Crippen LogP contribution in [0.1, 0.15) is 21.5 Å². The topological polar surface area (TPSA) is 47.4 Å². The molecule has 0 N–H and O–H groups in total. The summed E-state index contributed by atoms with van der Waals surface area (Å²) in [5.74, 6) is 0.295. The maximum atomic E-state index is 13.6. The molecule has 0 aliphatic carbocycles. The maximum absolute atomic E-state index is 13.6. The zero-order valence-electron chi connectivity index (χ0n) is 21.0. The number of aromatic nitrogens is 2. The molecular formula is C31H24BrClFN3O2. The highest BCUT2D eigenvalue weighted by atomic mass is 79.9. The number of nitrogens with zero attached hydrogens (tertiary/aromatic N) is 3. The summed E-state index contributed by atoms with van der Waals surface area (Å²) in [5, 5.41) is 4.23. The van der Waals surface area contributed by atoms with Gasteiger partial charge in [-0.05, 0) is 53.1 Å². The Bertz CT molecular complexity index is 1610. The summed E-state index contributed by atoms with van der Waals surface area (Å²) < 4.78 is 22.3. The van der Waals surface area contributed by atoms with Gasteiger partial charge in [-0.3, -0.25) is 9.48 Å². The van der Waals surface area contributed by atoms with Crippen LogP contribution in [0.5, 0.6) is 11.5 Å². The predicted octanol–water partition coefficient (Wildman–Crippen LogP) is 8.22. The largest absolute Gasteiger partial charge is 0.457 e. The summed E-state index contributed by atoms with van der Waals surface area (Å²) >= 11 is 9.40. The van der Waals surface area contributed by atoms with Crippen molar-refractivity contribution in [1.29, 1.82) is 0 Å². The number of hydrogen-bond acceptors (Lipinski definition) is 3. The van der Waals surface area contributed by atoms with E-state index in [0.29, 0.717) is 30.2 Å². The van der Waals surface area contributed by atoms with E-state index in [4.69, 9.17) is 16.3 Å². The van der Waals surface area contributed by atoms with Crippen LogP contribution in [-0.2, 0) is 13.1 Å². The SMILES string of the molecule is CN(Cc1ccc(Br)cc1Oc1ccc(F)c(Cl)c1)C(=O)c1ccccc1-c1ccc(Cn2cccn2)cc1. The van der Waals surface area contributed by atoms with Gasteiger partial charge in [0, 0.05) is 47.7 Å². The average molecular weight is 605 g/mol. The number of benzene rings is 4. The number of amides is 1. The Morgan fingerprint density at radius 1 is 1.03 bits per heavy atom. The lowest BCUT2D eigenvalue weighted by Gasteiger charge is -2.21. The molecule has 0 aliphatic heterocycles. The minimum Gasteiger partial charge on any atom is -0.457 e. The van der Waals surface area contributed by atoms with Gasteiger partial charge in [0.25, 0.3) is 5.91 Å². The van der Waals surface area contributed by atoms with Crippen LogP contribution in [0, 0.1) is 5.82 Å². The molecule has 1 aromatic heterocycles. The van der Waals surface area contributed by atoms with Crippen LogP contribution in [0.25, 0.3) is 11.1 Å². The first-order valence-corrected chi connectivity index (χ1v) is 13.4. The third kappa shape index (κ3) is 6.38. The van der Waals surface area contributed by atoms with Crippen molar-refractivity contribution in [3.8, 4) is 22.6 Å². The second kappa shape index (κ2) is 11.8. The molecule has 0 saturated heterocycles. The molecule has 5 nitrogen and oxygen atoms in total. The van der Waals surface area contributed by atoms with Gasteiger partial charge in [-0.2, -0.15) is 5.10 Å². The van der Waals surface area contributed by atoms with Gasteiger partial charge in [0.05, 0.1) is 11.6 Å². The highest BCUT2D eigenvalue weighted by Crippen LogP contribution is 2.32. The van der Waals surface area contributed by atoms with E-state index in [-0.39, 0.29) is 10.9 Å². The standard InChI is InChI=1S/C31H24BrClFN3O2/c1-36(20-23-11-12-24(32)17-30(23)39-25-13-14-29(34)28(33)18-25)31(38)27-6-3-2-5-26(27)22-9-7-21(8-10-22)19-37-16-4-15-35-37/h2-18H,19-20H2,1H3. The molecule has 0 fully saturated rings. The highest BCUT2D eigenvalue weighted by molar-refractivity contribution is 9.10. The Morgan fingerprint density at radius 3 is 2.56 bits per heavy atom. The van der Waals surface area contributed by atoms with E-state index in [9.17, 15) is 9.18 Å². The molecule has 8 heteroatoms. The fraction of sp³-hybridized carbons (Fsp3) is 0.0968. The van der Waals surface area contributed by atoms with Crippen molar-refractivity contribution in [2.45, 2.75) is 13.1 Å². The van der Waals surface area contributed by atoms with E-state index in [0.717, 1.165) is 26.7 Å². The lowest BCUT2D eigenvalue weighted by atomic mass is 9.97. The van der Waals surface area contributed by atoms with E-state index in [1.807, 2.05) is 71.5 Å². The van der Waals surface area contributed by atoms with Crippen LogP contribution in [0.4, 0.5) is 4.39 Å². The number of rotatable bonds is 8. The summed E-state index contributed by atoms with van der Waals surface area (Å²) in [6.07, 6.45) is 3.68. The quantitative estimate of drug-likeness (QED) is 0.179. The van der Waals surface area contributed by atoms with E-state index >= 15 is 0 Å². The Morgan fingerprint density at radius 2 is 1.82 bits per heavy atom. The van der Waals surface area contributed by atoms with Gasteiger partial charge in [-0.15, -0.1) is 0 Å². The molecule has 5 rings (SSSR count). The van der Waals surface area contributed by atoms with Crippen molar-refractivity contribution < 1.29 is 13.9 Å². The Balaban J connectivity index is 1.36. The second-order valence-electron chi connectivity index (χ2n) is 9.04. The van der Waals surface area contributed by atoms with Gasteiger partial charge >= 0.3 is 0 Å². The lowest BCUT2D eigenvalue weighted by molar-refractivity contribution is 0.0785. The fourth-order valence-electron chi connectivity index (χ4n) is 4.25. The number of hydrogen-bond donors (Lipinski definition) is 0. The van der Waals surface area contributed by atoms with Gasteiger partial charge in [0.15, 0.2) is 0 Å². The average Bonchev–Trinajstić information content (AvgIpc) is 3.45. The van der Waals surface area contributed by atoms with Crippen molar-refractivity contribution in [2.75, 3.05) is 7.05 Å². The maximum Gasteiger partial charge on any atom is 0.254 e. The van der Waals surface area contributed by atoms with Crippen LogP contribution < -0.4 is 4.74 Å². The summed E-state index contributed by atoms with van der Waals surface area (Å²) in [6, 6.07) is 27.4. The first kappa shape index (κ1) is 26.7. The molecule has 1 amide bonds. The molecule has 0 bridgehead atoms. The van der Waals surface area contributed by atoms with Gasteiger partial charge in [0.1, 0.15) is 17.3 Å². The molecule has 5 aromatic rings. The summed E-state index contributed by atoms with van der Waals surface area (Å²) in [6.45, 7) is 0.978. The molecule has 39 heavy (non-hydrogen) atoms. The van der Waals surface area contributed by atoms with E-state index in [1.165, 1.54) is 18.2 Å². The summed E-state index contributed by atoms with van der Waals surface area (Å²) in [4.78, 5) is 15.3. The molecule has 0 spiro atoms. The molecule has 4 aromatic carbocycles. The van der Waals surface area contributed by atoms with Crippen molar-refractivity contribution in [2.24, 2.45) is 0 Å². The minimum absolute atomic E-state index is 0.0256. The Hall–Kier alpha value is -3.94. The molecule has 0 atom stereocenters. The number of carbonyl (C=O) groups excluding carboxylic acids is 1. The van der Waals surface area contributed by atoms with Crippen molar-refractivity contribution in [1.82, 2.24) is 14.7 Å². The van der Waals surface area contributed by atoms with Gasteiger partial charge in [0.2, 0.25) is 0 Å². The Labute approximate surface area is 239 Å². The van der Waals surface area contributed by atoms with Gasteiger partial charge in [-0.1, -0.05) is 76.1 Å². The third-order valence-electron chi connectivity index (χ3n) is 6.23. The van der Waals surface area contributed by atoms with Crippen LogP contribution in [0.3, 0.4) is 0 Å². The van der Waals surface area contributed by atoms with E-state index < -0.39 is 5.82 Å². The predicted molar refractivity (Wildman–Crippen MR) is 155 cm³/mol. The van der Waals surface area contributed by atoms with Crippen LogP contribution in [-0.4, -0.2) is 27.6 Å². The smallest absolute Gasteiger partial charge is 0.254 e. The number of ether oxygens (including phenoxy) is 1. The van der Waals surface area contributed by atoms with Gasteiger partial charge < -0.3 is 9.64 Å². The molecular weight excluding hydrogens is 581 g/mol. The number of carbonyl (C=O) groups is 1. The molecule has 0 saturated carbocycles. The van der Waals surface area contributed by atoms with Crippen molar-refractivity contribution >= 4 is 33.4 Å². The van der Waals surface area contributed by atoms with Crippen LogP contribution in [0.15, 0.2) is 108 Å². The lowest BCUT2D eigenvalue weighted by Crippen LogP contribution is -2.27. The Kier molecular flexibility index (Phi) is 8.10. The monoisotopic (exact) mass is 603 g/mol. The molecule has 0 aliphatic rings. The first-order chi connectivity index (χ1) is 18.9. The molecule has 0 radical (unpaired) electrons. The van der Waals surface area contributed by atoms with Crippen LogP contribution >= 0.6 is 27.5 Å². The molecule has 1 heterocycles. The highest BCUT2D eigenvalue weighted by Gasteiger charge is 2.19. The normalized spacial score (nSPS) is 10.9. The van der Waals surface area contributed by atoms with Crippen LogP contribution in [0.2, 0.25) is 5.02 Å². The summed E-state index contributed by atoms with van der Waals surface area (Å²) in [7, 11) is 1.76. The molecule has 196 valence electrons. The molecule has 0 unspecified atom stereocenters. The number of halogens is 3.